The summed E-state index contributed by atoms with van der Waals surface area (Å²) >= 11 is 0. The van der Waals surface area contributed by atoms with Crippen LogP contribution in [0.3, 0.4) is 0 Å². The Balaban J connectivity index is 2.35. The molecule has 1 aliphatic rings. The first-order chi connectivity index (χ1) is 10.1. The molecular formula is C17H33N3O. The van der Waals surface area contributed by atoms with Crippen LogP contribution in [0.5, 0.6) is 0 Å². The molecule has 0 amide bonds. The van der Waals surface area contributed by atoms with Gasteiger partial charge in [0, 0.05) is 18.3 Å². The van der Waals surface area contributed by atoms with Gasteiger partial charge in [-0.3, -0.25) is 0 Å². The van der Waals surface area contributed by atoms with E-state index in [0.29, 0.717) is 18.4 Å². The molecule has 4 nitrogen and oxygen atoms in total. The molecule has 0 saturated heterocycles. The molecule has 0 heterocycles. The van der Waals surface area contributed by atoms with Crippen molar-refractivity contribution in [1.82, 2.24) is 9.91 Å². The van der Waals surface area contributed by atoms with Gasteiger partial charge in [-0.15, -0.1) is 0 Å². The number of hydrogen-bond donors (Lipinski definition) is 1. The molecule has 122 valence electrons. The van der Waals surface area contributed by atoms with Crippen LogP contribution >= 0.6 is 0 Å². The molecule has 0 aromatic heterocycles. The highest BCUT2D eigenvalue weighted by atomic mass is 16.5. The van der Waals surface area contributed by atoms with E-state index in [1.807, 2.05) is 18.0 Å². The summed E-state index contributed by atoms with van der Waals surface area (Å²) in [5.41, 5.74) is 1.04. The van der Waals surface area contributed by atoms with Gasteiger partial charge < -0.3 is 14.6 Å². The van der Waals surface area contributed by atoms with Gasteiger partial charge in [-0.1, -0.05) is 39.7 Å². The maximum atomic E-state index is 6.22. The summed E-state index contributed by atoms with van der Waals surface area (Å²) in [6, 6.07) is 0.471. The molecule has 0 atom stereocenters. The van der Waals surface area contributed by atoms with Crippen LogP contribution in [0.2, 0.25) is 0 Å². The average Bonchev–Trinajstić information content (AvgIpc) is 2.51. The second-order valence-corrected chi connectivity index (χ2v) is 5.83. The number of nitrogens with two attached hydrogens (primary N) is 1. The molecular weight excluding hydrogens is 262 g/mol. The third-order valence-electron chi connectivity index (χ3n) is 4.33. The van der Waals surface area contributed by atoms with E-state index in [0.717, 1.165) is 25.3 Å². The van der Waals surface area contributed by atoms with Crippen molar-refractivity contribution < 1.29 is 4.74 Å². The summed E-state index contributed by atoms with van der Waals surface area (Å²) in [7, 11) is 0. The Morgan fingerprint density at radius 3 is 2.43 bits per heavy atom. The van der Waals surface area contributed by atoms with Crippen molar-refractivity contribution in [2.75, 3.05) is 26.2 Å². The molecule has 1 aliphatic carbocycles. The Kier molecular flexibility index (Phi) is 8.47. The van der Waals surface area contributed by atoms with Gasteiger partial charge in [0.1, 0.15) is 12.4 Å². The monoisotopic (exact) mass is 295 g/mol. The van der Waals surface area contributed by atoms with E-state index in [4.69, 9.17) is 10.6 Å². The molecule has 0 aliphatic heterocycles. The summed E-state index contributed by atoms with van der Waals surface area (Å²) in [6.45, 7) is 14.1. The summed E-state index contributed by atoms with van der Waals surface area (Å²) in [5, 5.41) is 1.90. The van der Waals surface area contributed by atoms with Crippen molar-refractivity contribution in [1.29, 1.82) is 0 Å². The molecule has 0 aromatic rings. The Hall–Kier alpha value is -1.00. The zero-order valence-electron chi connectivity index (χ0n) is 14.1. The van der Waals surface area contributed by atoms with Crippen LogP contribution in [0.15, 0.2) is 24.1 Å². The summed E-state index contributed by atoms with van der Waals surface area (Å²) < 4.78 is 5.69. The van der Waals surface area contributed by atoms with E-state index in [-0.39, 0.29) is 0 Å². The lowest BCUT2D eigenvalue weighted by molar-refractivity contribution is 0.169. The Bertz CT molecular complexity index is 331. The topological polar surface area (TPSA) is 41.7 Å². The van der Waals surface area contributed by atoms with Crippen molar-refractivity contribution in [3.05, 3.63) is 24.1 Å². The molecule has 1 fully saturated rings. The lowest BCUT2D eigenvalue weighted by Crippen LogP contribution is -2.40. The van der Waals surface area contributed by atoms with Gasteiger partial charge in [-0.05, 0) is 38.9 Å². The number of hydrogen-bond acceptors (Lipinski definition) is 4. The van der Waals surface area contributed by atoms with E-state index >= 15 is 0 Å². The van der Waals surface area contributed by atoms with Gasteiger partial charge in [0.25, 0.3) is 0 Å². The highest BCUT2D eigenvalue weighted by Crippen LogP contribution is 2.23. The number of rotatable bonds is 9. The van der Waals surface area contributed by atoms with E-state index in [1.54, 1.807) is 0 Å². The van der Waals surface area contributed by atoms with Crippen LogP contribution in [-0.4, -0.2) is 42.2 Å². The molecule has 0 unspecified atom stereocenters. The summed E-state index contributed by atoms with van der Waals surface area (Å²) in [4.78, 5) is 2.33. The zero-order chi connectivity index (χ0) is 15.7. The molecule has 0 bridgehead atoms. The minimum Gasteiger partial charge on any atom is -0.493 e. The molecule has 1 saturated carbocycles. The normalized spacial score (nSPS) is 17.1. The predicted molar refractivity (Wildman–Crippen MR) is 89.5 cm³/mol. The van der Waals surface area contributed by atoms with Gasteiger partial charge in [-0.2, -0.15) is 0 Å². The number of allylic oxidation sites excluding steroid dienone is 2. The minimum absolute atomic E-state index is 0.471. The van der Waals surface area contributed by atoms with Gasteiger partial charge in [-0.25, -0.2) is 5.84 Å². The highest BCUT2D eigenvalue weighted by molar-refractivity contribution is 5.13. The predicted octanol–water partition coefficient (Wildman–Crippen LogP) is 3.27. The lowest BCUT2D eigenvalue weighted by Gasteiger charge is -2.32. The average molecular weight is 295 g/mol. The van der Waals surface area contributed by atoms with Crippen LogP contribution < -0.4 is 5.84 Å². The number of hydrazine groups is 1. The van der Waals surface area contributed by atoms with E-state index in [1.165, 1.54) is 32.1 Å². The second-order valence-electron chi connectivity index (χ2n) is 5.83. The zero-order valence-corrected chi connectivity index (χ0v) is 14.1. The first-order valence-electron chi connectivity index (χ1n) is 8.34. The fraction of sp³-hybridized carbons (Fsp3) is 0.765. The fourth-order valence-electron chi connectivity index (χ4n) is 2.84. The first-order valence-corrected chi connectivity index (χ1v) is 8.34. The molecule has 4 heteroatoms. The lowest BCUT2D eigenvalue weighted by atomic mass is 9.95. The van der Waals surface area contributed by atoms with Crippen molar-refractivity contribution in [3.8, 4) is 0 Å². The van der Waals surface area contributed by atoms with Crippen LogP contribution in [-0.2, 0) is 4.74 Å². The Morgan fingerprint density at radius 1 is 1.24 bits per heavy atom. The molecule has 2 N–H and O–H groups in total. The largest absolute Gasteiger partial charge is 0.493 e. The summed E-state index contributed by atoms with van der Waals surface area (Å²) in [5.74, 6) is 6.92. The second kappa shape index (κ2) is 9.85. The maximum absolute atomic E-state index is 6.22. The van der Waals surface area contributed by atoms with Crippen LogP contribution in [0.25, 0.3) is 0 Å². The van der Waals surface area contributed by atoms with Gasteiger partial charge in [0.15, 0.2) is 0 Å². The third kappa shape index (κ3) is 6.53. The van der Waals surface area contributed by atoms with Crippen molar-refractivity contribution in [3.63, 3.8) is 0 Å². The Labute approximate surface area is 130 Å². The van der Waals surface area contributed by atoms with Crippen LogP contribution in [0.4, 0.5) is 0 Å². The number of likely N-dealkylation sites (N-methyl/N-ethyl adjacent to an activating group) is 1. The summed E-state index contributed by atoms with van der Waals surface area (Å²) in [6.07, 6.45) is 8.25. The van der Waals surface area contributed by atoms with E-state index in [9.17, 15) is 0 Å². The molecule has 1 rings (SSSR count). The third-order valence-corrected chi connectivity index (χ3v) is 4.33. The van der Waals surface area contributed by atoms with Gasteiger partial charge >= 0.3 is 0 Å². The standard InChI is InChI=1S/C17H33N3O/c1-5-19(6-2)12-13-21-16(4)14-15(3)20(18)17-10-8-7-9-11-17/h14,17H,4-13,18H2,1-3H3/b15-14-. The van der Waals surface area contributed by atoms with Crippen molar-refractivity contribution >= 4 is 0 Å². The van der Waals surface area contributed by atoms with Crippen LogP contribution in [0.1, 0.15) is 52.9 Å². The molecule has 0 spiro atoms. The van der Waals surface area contributed by atoms with Crippen molar-refractivity contribution in [2.45, 2.75) is 58.9 Å². The first kappa shape index (κ1) is 18.1. The van der Waals surface area contributed by atoms with Crippen LogP contribution in [0, 0.1) is 0 Å². The molecule has 0 radical (unpaired) electrons. The quantitative estimate of drug-likeness (QED) is 0.307. The smallest absolute Gasteiger partial charge is 0.113 e. The molecule has 21 heavy (non-hydrogen) atoms. The van der Waals surface area contributed by atoms with E-state index < -0.39 is 0 Å². The molecule has 0 aromatic carbocycles. The number of nitrogens with zero attached hydrogens (tertiary/aromatic N) is 2. The van der Waals surface area contributed by atoms with Crippen molar-refractivity contribution in [2.24, 2.45) is 5.84 Å². The Morgan fingerprint density at radius 2 is 1.86 bits per heavy atom. The van der Waals surface area contributed by atoms with Gasteiger partial charge in [0.2, 0.25) is 0 Å². The minimum atomic E-state index is 0.471. The van der Waals surface area contributed by atoms with E-state index in [2.05, 4.69) is 25.3 Å². The fourth-order valence-corrected chi connectivity index (χ4v) is 2.84. The highest BCUT2D eigenvalue weighted by Gasteiger charge is 2.18. The SMILES string of the molecule is C=C(/C=C(/C)N(N)C1CCCCC1)OCCN(CC)CC. The van der Waals surface area contributed by atoms with Gasteiger partial charge in [0.05, 0.1) is 0 Å². The number of ether oxygens (including phenoxy) is 1. The maximum Gasteiger partial charge on any atom is 0.113 e.